The van der Waals surface area contributed by atoms with Gasteiger partial charge in [-0.3, -0.25) is 15.1 Å². The number of nitrogens with zero attached hydrogens (tertiary/aromatic N) is 3. The summed E-state index contributed by atoms with van der Waals surface area (Å²) in [6.45, 7) is 0. The minimum atomic E-state index is -0.450. The zero-order valence-corrected chi connectivity index (χ0v) is 9.12. The van der Waals surface area contributed by atoms with Gasteiger partial charge in [-0.2, -0.15) is 0 Å². The largest absolute Gasteiger partial charge is 0.373 e. The lowest BCUT2D eigenvalue weighted by Crippen LogP contribution is -1.99. The van der Waals surface area contributed by atoms with Crippen molar-refractivity contribution in [2.45, 2.75) is 0 Å². The smallest absolute Gasteiger partial charge is 0.295 e. The standard InChI is InChI=1S/C11H10N4O2/c1-12-10-5-4-9(15(16)17)11(14-10)8-3-2-6-13-7-8/h2-7H,1H3,(H,12,14). The molecule has 2 rings (SSSR count). The summed E-state index contributed by atoms with van der Waals surface area (Å²) in [4.78, 5) is 18.6. The van der Waals surface area contributed by atoms with Crippen LogP contribution < -0.4 is 5.32 Å². The van der Waals surface area contributed by atoms with Crippen LogP contribution in [0.15, 0.2) is 36.7 Å². The molecule has 0 aromatic carbocycles. The Kier molecular flexibility index (Phi) is 2.95. The van der Waals surface area contributed by atoms with Crippen LogP contribution >= 0.6 is 0 Å². The Morgan fingerprint density at radius 3 is 2.76 bits per heavy atom. The molecule has 0 unspecified atom stereocenters. The molecule has 2 heterocycles. The molecule has 0 bridgehead atoms. The zero-order chi connectivity index (χ0) is 12.3. The van der Waals surface area contributed by atoms with Crippen LogP contribution in [0, 0.1) is 10.1 Å². The summed E-state index contributed by atoms with van der Waals surface area (Å²) in [5.74, 6) is 0.578. The molecule has 0 amide bonds. The summed E-state index contributed by atoms with van der Waals surface area (Å²) < 4.78 is 0. The highest BCUT2D eigenvalue weighted by Crippen LogP contribution is 2.28. The minimum Gasteiger partial charge on any atom is -0.373 e. The Labute approximate surface area is 97.5 Å². The van der Waals surface area contributed by atoms with Gasteiger partial charge in [0, 0.05) is 31.1 Å². The Balaban J connectivity index is 2.61. The van der Waals surface area contributed by atoms with Gasteiger partial charge < -0.3 is 5.32 Å². The van der Waals surface area contributed by atoms with E-state index in [1.807, 2.05) is 0 Å². The molecular formula is C11H10N4O2. The van der Waals surface area contributed by atoms with Gasteiger partial charge in [0.15, 0.2) is 5.69 Å². The number of nitro groups is 1. The first-order valence-electron chi connectivity index (χ1n) is 4.96. The fourth-order valence-electron chi connectivity index (χ4n) is 1.45. The van der Waals surface area contributed by atoms with Crippen molar-refractivity contribution in [1.82, 2.24) is 9.97 Å². The third-order valence-corrected chi connectivity index (χ3v) is 2.26. The molecule has 86 valence electrons. The van der Waals surface area contributed by atoms with E-state index in [1.165, 1.54) is 6.07 Å². The van der Waals surface area contributed by atoms with Gasteiger partial charge in [-0.25, -0.2) is 4.98 Å². The Hall–Kier alpha value is -2.50. The van der Waals surface area contributed by atoms with Crippen LogP contribution in [-0.4, -0.2) is 21.9 Å². The molecule has 0 saturated heterocycles. The fourth-order valence-corrected chi connectivity index (χ4v) is 1.45. The molecule has 0 aliphatic carbocycles. The third kappa shape index (κ3) is 2.20. The van der Waals surface area contributed by atoms with Crippen LogP contribution in [0.4, 0.5) is 11.5 Å². The second-order valence-electron chi connectivity index (χ2n) is 3.31. The van der Waals surface area contributed by atoms with E-state index in [0.717, 1.165) is 0 Å². The molecule has 0 saturated carbocycles. The van der Waals surface area contributed by atoms with Crippen LogP contribution in [-0.2, 0) is 0 Å². The Bertz CT molecular complexity index is 542. The maximum atomic E-state index is 10.9. The summed E-state index contributed by atoms with van der Waals surface area (Å²) in [7, 11) is 1.71. The molecule has 0 radical (unpaired) electrons. The molecule has 1 N–H and O–H groups in total. The maximum absolute atomic E-state index is 10.9. The monoisotopic (exact) mass is 230 g/mol. The first-order valence-corrected chi connectivity index (χ1v) is 4.96. The van der Waals surface area contributed by atoms with Gasteiger partial charge in [0.1, 0.15) is 5.82 Å². The van der Waals surface area contributed by atoms with Gasteiger partial charge in [0.25, 0.3) is 5.69 Å². The second-order valence-corrected chi connectivity index (χ2v) is 3.31. The van der Waals surface area contributed by atoms with E-state index in [2.05, 4.69) is 15.3 Å². The van der Waals surface area contributed by atoms with Crippen molar-refractivity contribution in [3.05, 3.63) is 46.8 Å². The van der Waals surface area contributed by atoms with Crippen LogP contribution in [0.3, 0.4) is 0 Å². The highest BCUT2D eigenvalue weighted by atomic mass is 16.6. The summed E-state index contributed by atoms with van der Waals surface area (Å²) in [6.07, 6.45) is 3.16. The van der Waals surface area contributed by atoms with E-state index < -0.39 is 4.92 Å². The third-order valence-electron chi connectivity index (χ3n) is 2.26. The first kappa shape index (κ1) is 11.0. The topological polar surface area (TPSA) is 81.0 Å². The summed E-state index contributed by atoms with van der Waals surface area (Å²) in [5.41, 5.74) is 0.906. The summed E-state index contributed by atoms with van der Waals surface area (Å²) in [6, 6.07) is 6.45. The minimum absolute atomic E-state index is 0.0306. The number of nitrogens with one attached hydrogen (secondary N) is 1. The Morgan fingerprint density at radius 2 is 2.18 bits per heavy atom. The lowest BCUT2D eigenvalue weighted by atomic mass is 10.1. The van der Waals surface area contributed by atoms with Gasteiger partial charge in [-0.05, 0) is 18.2 Å². The van der Waals surface area contributed by atoms with Gasteiger partial charge in [-0.1, -0.05) is 0 Å². The van der Waals surface area contributed by atoms with Crippen LogP contribution in [0.2, 0.25) is 0 Å². The first-order chi connectivity index (χ1) is 8.22. The number of aromatic nitrogens is 2. The molecule has 2 aromatic heterocycles. The average molecular weight is 230 g/mol. The molecular weight excluding hydrogens is 220 g/mol. The van der Waals surface area contributed by atoms with Crippen LogP contribution in [0.1, 0.15) is 0 Å². The highest BCUT2D eigenvalue weighted by molar-refractivity contribution is 5.70. The average Bonchev–Trinajstić information content (AvgIpc) is 2.39. The number of anilines is 1. The molecule has 0 aliphatic heterocycles. The summed E-state index contributed by atoms with van der Waals surface area (Å²) in [5, 5.41) is 13.8. The molecule has 0 spiro atoms. The number of rotatable bonds is 3. The molecule has 2 aromatic rings. The van der Waals surface area contributed by atoms with Crippen molar-refractivity contribution in [2.75, 3.05) is 12.4 Å². The highest BCUT2D eigenvalue weighted by Gasteiger charge is 2.17. The van der Waals surface area contributed by atoms with Crippen molar-refractivity contribution in [1.29, 1.82) is 0 Å². The van der Waals surface area contributed by atoms with Crippen molar-refractivity contribution >= 4 is 11.5 Å². The van der Waals surface area contributed by atoms with Crippen molar-refractivity contribution in [3.63, 3.8) is 0 Å². The Morgan fingerprint density at radius 1 is 1.35 bits per heavy atom. The lowest BCUT2D eigenvalue weighted by Gasteiger charge is -2.04. The fraction of sp³-hybridized carbons (Fsp3) is 0.0909. The van der Waals surface area contributed by atoms with Crippen molar-refractivity contribution < 1.29 is 4.92 Å². The SMILES string of the molecule is CNc1ccc([N+](=O)[O-])c(-c2cccnc2)n1. The van der Waals surface area contributed by atoms with Crippen LogP contribution in [0.25, 0.3) is 11.3 Å². The van der Waals surface area contributed by atoms with Crippen LogP contribution in [0.5, 0.6) is 0 Å². The van der Waals surface area contributed by atoms with E-state index in [4.69, 9.17) is 0 Å². The molecule has 6 nitrogen and oxygen atoms in total. The van der Waals surface area contributed by atoms with E-state index in [-0.39, 0.29) is 5.69 Å². The van der Waals surface area contributed by atoms with E-state index in [1.54, 1.807) is 37.6 Å². The molecule has 6 heteroatoms. The molecule has 0 atom stereocenters. The van der Waals surface area contributed by atoms with Crippen molar-refractivity contribution in [3.8, 4) is 11.3 Å². The lowest BCUT2D eigenvalue weighted by molar-refractivity contribution is -0.384. The molecule has 0 fully saturated rings. The van der Waals surface area contributed by atoms with E-state index in [9.17, 15) is 10.1 Å². The quantitative estimate of drug-likeness (QED) is 0.645. The number of hydrogen-bond donors (Lipinski definition) is 1. The van der Waals surface area contributed by atoms with E-state index >= 15 is 0 Å². The zero-order valence-electron chi connectivity index (χ0n) is 9.12. The maximum Gasteiger partial charge on any atom is 0.295 e. The predicted molar refractivity (Wildman–Crippen MR) is 63.7 cm³/mol. The van der Waals surface area contributed by atoms with Crippen molar-refractivity contribution in [2.24, 2.45) is 0 Å². The normalized spacial score (nSPS) is 9.94. The molecule has 0 aliphatic rings. The summed E-state index contributed by atoms with van der Waals surface area (Å²) >= 11 is 0. The number of hydrogen-bond acceptors (Lipinski definition) is 5. The van der Waals surface area contributed by atoms with Gasteiger partial charge in [0.05, 0.1) is 4.92 Å². The second kappa shape index (κ2) is 4.56. The van der Waals surface area contributed by atoms with Gasteiger partial charge in [0.2, 0.25) is 0 Å². The van der Waals surface area contributed by atoms with Gasteiger partial charge in [-0.15, -0.1) is 0 Å². The predicted octanol–water partition coefficient (Wildman–Crippen LogP) is 2.09. The van der Waals surface area contributed by atoms with Gasteiger partial charge >= 0.3 is 0 Å². The molecule has 17 heavy (non-hydrogen) atoms. The van der Waals surface area contributed by atoms with E-state index in [0.29, 0.717) is 17.1 Å². The number of pyridine rings is 2.